The van der Waals surface area contributed by atoms with Gasteiger partial charge in [-0.2, -0.15) is 0 Å². The van der Waals surface area contributed by atoms with Crippen molar-refractivity contribution >= 4 is 11.9 Å². The third-order valence-electron chi connectivity index (χ3n) is 2.20. The van der Waals surface area contributed by atoms with Crippen LogP contribution < -0.4 is 0 Å². The maximum Gasteiger partial charge on any atom is 0.360 e. The molecule has 0 N–H and O–H groups in total. The summed E-state index contributed by atoms with van der Waals surface area (Å²) in [6, 6.07) is -0.0134. The molecule has 0 saturated heterocycles. The van der Waals surface area contributed by atoms with Gasteiger partial charge in [-0.05, 0) is 13.8 Å². The molecule has 0 radical (unpaired) electrons. The lowest BCUT2D eigenvalue weighted by Gasteiger charge is -2.09. The van der Waals surface area contributed by atoms with E-state index in [9.17, 15) is 9.59 Å². The van der Waals surface area contributed by atoms with Crippen molar-refractivity contribution in [2.45, 2.75) is 26.3 Å². The number of hydrogen-bond acceptors (Lipinski definition) is 6. The van der Waals surface area contributed by atoms with Crippen LogP contribution in [0.2, 0.25) is 0 Å². The molecular formula is C10H15N3O4. The van der Waals surface area contributed by atoms with Gasteiger partial charge < -0.3 is 9.47 Å². The highest BCUT2D eigenvalue weighted by Gasteiger charge is 2.23. The molecule has 0 unspecified atom stereocenters. The first-order chi connectivity index (χ1) is 8.01. The Morgan fingerprint density at radius 1 is 1.29 bits per heavy atom. The number of methoxy groups -OCH3 is 2. The molecule has 94 valence electrons. The minimum absolute atomic E-state index is 0.0134. The number of nitrogens with zero attached hydrogens (tertiary/aromatic N) is 3. The van der Waals surface area contributed by atoms with Gasteiger partial charge in [0.1, 0.15) is 0 Å². The number of carbonyl (C=O) groups is 2. The highest BCUT2D eigenvalue weighted by molar-refractivity contribution is 5.89. The normalized spacial score (nSPS) is 10.4. The molecule has 0 aliphatic carbocycles. The van der Waals surface area contributed by atoms with E-state index >= 15 is 0 Å². The highest BCUT2D eigenvalue weighted by atomic mass is 16.5. The fourth-order valence-corrected chi connectivity index (χ4v) is 1.36. The van der Waals surface area contributed by atoms with Gasteiger partial charge in [0.25, 0.3) is 0 Å². The van der Waals surface area contributed by atoms with Crippen LogP contribution in [0.4, 0.5) is 0 Å². The van der Waals surface area contributed by atoms with Gasteiger partial charge in [-0.1, -0.05) is 5.21 Å². The Labute approximate surface area is 98.7 Å². The Morgan fingerprint density at radius 2 is 1.94 bits per heavy atom. The average molecular weight is 241 g/mol. The summed E-state index contributed by atoms with van der Waals surface area (Å²) < 4.78 is 10.6. The molecule has 7 heteroatoms. The first kappa shape index (κ1) is 13.1. The first-order valence-corrected chi connectivity index (χ1v) is 5.10. The average Bonchev–Trinajstić information content (AvgIpc) is 2.71. The van der Waals surface area contributed by atoms with Gasteiger partial charge in [0.2, 0.25) is 0 Å². The van der Waals surface area contributed by atoms with Crippen LogP contribution in [-0.4, -0.2) is 41.2 Å². The summed E-state index contributed by atoms with van der Waals surface area (Å²) in [6.07, 6.45) is -0.0634. The van der Waals surface area contributed by atoms with E-state index in [-0.39, 0.29) is 18.2 Å². The Morgan fingerprint density at radius 3 is 2.41 bits per heavy atom. The minimum atomic E-state index is -0.615. The van der Waals surface area contributed by atoms with Gasteiger partial charge in [0.15, 0.2) is 5.69 Å². The number of ether oxygens (including phenoxy) is 2. The second kappa shape index (κ2) is 5.42. The quantitative estimate of drug-likeness (QED) is 0.708. The molecule has 0 aliphatic rings. The van der Waals surface area contributed by atoms with Crippen molar-refractivity contribution in [1.82, 2.24) is 15.0 Å². The van der Waals surface area contributed by atoms with Gasteiger partial charge in [0.05, 0.1) is 26.3 Å². The molecule has 0 fully saturated rings. The molecule has 1 heterocycles. The third kappa shape index (κ3) is 2.80. The number of carbonyl (C=O) groups excluding carboxylic acids is 2. The van der Waals surface area contributed by atoms with E-state index < -0.39 is 11.9 Å². The number of aromatic nitrogens is 3. The summed E-state index contributed by atoms with van der Waals surface area (Å²) in [6.45, 7) is 3.74. The predicted molar refractivity (Wildman–Crippen MR) is 57.5 cm³/mol. The first-order valence-electron chi connectivity index (χ1n) is 5.10. The minimum Gasteiger partial charge on any atom is -0.469 e. The zero-order valence-corrected chi connectivity index (χ0v) is 10.3. The van der Waals surface area contributed by atoms with Crippen molar-refractivity contribution in [2.24, 2.45) is 0 Å². The molecule has 0 atom stereocenters. The monoisotopic (exact) mass is 241 g/mol. The summed E-state index contributed by atoms with van der Waals surface area (Å²) >= 11 is 0. The van der Waals surface area contributed by atoms with Crippen molar-refractivity contribution < 1.29 is 19.1 Å². The SMILES string of the molecule is COC(=O)Cc1c(C(=O)OC)nnn1C(C)C. The van der Waals surface area contributed by atoms with Crippen LogP contribution in [0.3, 0.4) is 0 Å². The van der Waals surface area contributed by atoms with E-state index in [2.05, 4.69) is 19.8 Å². The lowest BCUT2D eigenvalue weighted by Crippen LogP contribution is -2.16. The number of esters is 2. The van der Waals surface area contributed by atoms with Crippen molar-refractivity contribution in [2.75, 3.05) is 14.2 Å². The fourth-order valence-electron chi connectivity index (χ4n) is 1.36. The smallest absolute Gasteiger partial charge is 0.360 e. The third-order valence-corrected chi connectivity index (χ3v) is 2.20. The molecule has 1 aromatic rings. The second-order valence-corrected chi connectivity index (χ2v) is 3.67. The Hall–Kier alpha value is -1.92. The molecule has 0 aromatic carbocycles. The molecule has 17 heavy (non-hydrogen) atoms. The topological polar surface area (TPSA) is 83.3 Å². The molecule has 1 rings (SSSR count). The van der Waals surface area contributed by atoms with Crippen LogP contribution >= 0.6 is 0 Å². The molecule has 0 amide bonds. The van der Waals surface area contributed by atoms with Crippen molar-refractivity contribution in [3.63, 3.8) is 0 Å². The molecule has 0 saturated carbocycles. The van der Waals surface area contributed by atoms with Crippen molar-refractivity contribution in [1.29, 1.82) is 0 Å². The Kier molecular flexibility index (Phi) is 4.19. The Balaban J connectivity index is 3.14. The van der Waals surface area contributed by atoms with Crippen LogP contribution in [0, 0.1) is 0 Å². The van der Waals surface area contributed by atoms with E-state index in [0.29, 0.717) is 5.69 Å². The zero-order valence-electron chi connectivity index (χ0n) is 10.3. The molecule has 0 spiro atoms. The van der Waals surface area contributed by atoms with E-state index in [1.54, 1.807) is 0 Å². The summed E-state index contributed by atoms with van der Waals surface area (Å²) in [7, 11) is 2.53. The number of hydrogen-bond donors (Lipinski definition) is 0. The molecule has 1 aromatic heterocycles. The van der Waals surface area contributed by atoms with Crippen LogP contribution in [0.25, 0.3) is 0 Å². The van der Waals surface area contributed by atoms with Crippen LogP contribution in [-0.2, 0) is 20.7 Å². The lowest BCUT2D eigenvalue weighted by atomic mass is 10.2. The molecule has 0 aliphatic heterocycles. The van der Waals surface area contributed by atoms with Crippen LogP contribution in [0.1, 0.15) is 36.1 Å². The van der Waals surface area contributed by atoms with E-state index in [1.807, 2.05) is 13.8 Å². The van der Waals surface area contributed by atoms with Gasteiger partial charge in [0, 0.05) is 6.04 Å². The van der Waals surface area contributed by atoms with Gasteiger partial charge >= 0.3 is 11.9 Å². The number of rotatable bonds is 4. The van der Waals surface area contributed by atoms with Crippen LogP contribution in [0.5, 0.6) is 0 Å². The van der Waals surface area contributed by atoms with E-state index in [1.165, 1.54) is 18.9 Å². The van der Waals surface area contributed by atoms with Crippen LogP contribution in [0.15, 0.2) is 0 Å². The maximum atomic E-state index is 11.4. The van der Waals surface area contributed by atoms with E-state index in [0.717, 1.165) is 0 Å². The zero-order chi connectivity index (χ0) is 13.0. The standard InChI is InChI=1S/C10H15N3O4/c1-6(2)13-7(5-8(14)16-3)9(11-12-13)10(15)17-4/h6H,5H2,1-4H3. The van der Waals surface area contributed by atoms with Gasteiger partial charge in [-0.25, -0.2) is 9.48 Å². The van der Waals surface area contributed by atoms with Crippen molar-refractivity contribution in [3.8, 4) is 0 Å². The summed E-state index contributed by atoms with van der Waals surface area (Å²) in [5, 5.41) is 7.56. The second-order valence-electron chi connectivity index (χ2n) is 3.67. The largest absolute Gasteiger partial charge is 0.469 e. The van der Waals surface area contributed by atoms with Crippen molar-refractivity contribution in [3.05, 3.63) is 11.4 Å². The Bertz CT molecular complexity index is 425. The predicted octanol–water partition coefficient (Wildman–Crippen LogP) is 0.361. The molecule has 0 bridgehead atoms. The summed E-state index contributed by atoms with van der Waals surface area (Å²) in [5.74, 6) is -1.07. The summed E-state index contributed by atoms with van der Waals surface area (Å²) in [4.78, 5) is 22.7. The molecular weight excluding hydrogens is 226 g/mol. The molecule has 7 nitrogen and oxygen atoms in total. The maximum absolute atomic E-state index is 11.4. The fraction of sp³-hybridized carbons (Fsp3) is 0.600. The lowest BCUT2D eigenvalue weighted by molar-refractivity contribution is -0.139. The van der Waals surface area contributed by atoms with Gasteiger partial charge in [-0.15, -0.1) is 5.10 Å². The summed E-state index contributed by atoms with van der Waals surface area (Å²) in [5.41, 5.74) is 0.449. The van der Waals surface area contributed by atoms with E-state index in [4.69, 9.17) is 0 Å². The van der Waals surface area contributed by atoms with Gasteiger partial charge in [-0.3, -0.25) is 4.79 Å². The highest BCUT2D eigenvalue weighted by Crippen LogP contribution is 2.13.